The van der Waals surface area contributed by atoms with Crippen molar-refractivity contribution in [3.63, 3.8) is 0 Å². The number of benzene rings is 8. The molecule has 0 spiro atoms. The molecule has 10 aromatic rings. The Morgan fingerprint density at radius 1 is 0.323 bits per heavy atom. The van der Waals surface area contributed by atoms with Crippen LogP contribution in [0.2, 0.25) is 0 Å². The van der Waals surface area contributed by atoms with Gasteiger partial charge in [0.05, 0.1) is 12.2 Å². The van der Waals surface area contributed by atoms with Crippen molar-refractivity contribution in [1.29, 1.82) is 0 Å². The summed E-state index contributed by atoms with van der Waals surface area (Å²) in [5.41, 5.74) is 23.4. The Balaban J connectivity index is 0.735. The molecule has 0 bridgehead atoms. The number of unbranched alkanes of at least 4 members (excludes halogenated alkanes) is 24. The van der Waals surface area contributed by atoms with Crippen LogP contribution in [0.3, 0.4) is 0 Å². The van der Waals surface area contributed by atoms with Gasteiger partial charge in [0.1, 0.15) is 0 Å². The van der Waals surface area contributed by atoms with Gasteiger partial charge in [-0.25, -0.2) is 0 Å². The third kappa shape index (κ3) is 15.9. The van der Waals surface area contributed by atoms with Crippen LogP contribution in [0.15, 0.2) is 170 Å². The van der Waals surface area contributed by atoms with E-state index in [4.69, 9.17) is 0 Å². The summed E-state index contributed by atoms with van der Waals surface area (Å²) in [6.07, 6.45) is 41.2. The Bertz CT molecular complexity index is 3880. The summed E-state index contributed by atoms with van der Waals surface area (Å²) in [5, 5.41) is 25.5. The first-order chi connectivity index (χ1) is 47.2. The van der Waals surface area contributed by atoms with E-state index in [1.165, 1.54) is 287 Å². The van der Waals surface area contributed by atoms with Crippen LogP contribution in [0.25, 0.3) is 77.0 Å². The minimum absolute atomic E-state index is 0.00145. The summed E-state index contributed by atoms with van der Waals surface area (Å²) in [6.45, 7) is 11.0. The molecule has 0 saturated carbocycles. The van der Waals surface area contributed by atoms with Gasteiger partial charge in [0.25, 0.3) is 0 Å². The average Bonchev–Trinajstić information content (AvgIpc) is 1.57. The molecule has 0 fully saturated rings. The smallest absolute Gasteiger partial charge is 0.0564 e. The van der Waals surface area contributed by atoms with Crippen LogP contribution in [-0.4, -0.2) is 31.6 Å². The van der Waals surface area contributed by atoms with E-state index in [-0.39, 0.29) is 16.9 Å². The predicted molar refractivity (Wildman–Crippen MR) is 413 cm³/mol. The van der Waals surface area contributed by atoms with Gasteiger partial charge in [0, 0.05) is 67.5 Å². The maximum Gasteiger partial charge on any atom is 0.0564 e. The van der Waals surface area contributed by atoms with Crippen molar-refractivity contribution in [2.24, 2.45) is 0 Å². The monoisotopic (exact) mass is 1280 g/mol. The zero-order valence-corrected chi connectivity index (χ0v) is 59.6. The van der Waals surface area contributed by atoms with Crippen molar-refractivity contribution in [3.05, 3.63) is 203 Å². The quantitative estimate of drug-likeness (QED) is 0.0375. The Kier molecular flexibility index (Phi) is 24.3. The van der Waals surface area contributed by atoms with Gasteiger partial charge in [-0.3, -0.25) is 0 Å². The van der Waals surface area contributed by atoms with Crippen molar-refractivity contribution in [3.8, 4) is 33.4 Å². The summed E-state index contributed by atoms with van der Waals surface area (Å²) in [6, 6.07) is 66.3. The molecule has 2 aromatic heterocycles. The number of aliphatic hydroxyl groups is 2. The lowest BCUT2D eigenvalue weighted by atomic mass is 9.69. The van der Waals surface area contributed by atoms with Crippen LogP contribution in [0.4, 0.5) is 0 Å². The standard InChI is InChI=1S/C92H116N2O2/c1-5-6-7-35-58-91(59-36-21-15-9-8-14-20-26-41-74(96)66-71(4)95)83-64-69(2)50-54-75(83)77-56-52-72(67-85(77)91)73-53-57-78-76-55-51-70(3)65-84(76)92(86(78)68-73,60-37-22-16-10-12-18-24-39-62-93-87-46-31-27-42-79(87)80-43-28-32-47-88(80)93)61-38-23-17-11-13-19-25-40-63-94-89-48-33-29-44-81(89)82-45-30-34-49-90(82)94/h27-34,42-57,64-65,67-68,71,74,95-96H,5-26,35-41,58-63,66H2,1-4H3. The number of aliphatic hydroxyl groups excluding tert-OH is 2. The van der Waals surface area contributed by atoms with Gasteiger partial charge in [0.15, 0.2) is 0 Å². The Morgan fingerprint density at radius 2 is 0.615 bits per heavy atom. The fraction of sp³-hybridized carbons (Fsp3) is 0.478. The molecule has 0 aliphatic heterocycles. The number of fused-ring (bicyclic) bond motifs is 12. The van der Waals surface area contributed by atoms with Crippen LogP contribution < -0.4 is 0 Å². The van der Waals surface area contributed by atoms with E-state index in [2.05, 4.69) is 200 Å². The van der Waals surface area contributed by atoms with Crippen LogP contribution in [0.1, 0.15) is 266 Å². The lowest BCUT2D eigenvalue weighted by Gasteiger charge is -2.34. The van der Waals surface area contributed by atoms with E-state index < -0.39 is 6.10 Å². The second-order valence-electron chi connectivity index (χ2n) is 30.2. The van der Waals surface area contributed by atoms with E-state index in [1.54, 1.807) is 29.2 Å². The van der Waals surface area contributed by atoms with Gasteiger partial charge in [-0.15, -0.1) is 0 Å². The first-order valence-electron chi connectivity index (χ1n) is 39.0. The molecule has 0 radical (unpaired) electrons. The minimum atomic E-state index is -0.428. The van der Waals surface area contributed by atoms with Crippen molar-refractivity contribution < 1.29 is 10.2 Å². The molecule has 0 amide bonds. The number of aryl methyl sites for hydroxylation is 4. The van der Waals surface area contributed by atoms with E-state index in [9.17, 15) is 10.2 Å². The van der Waals surface area contributed by atoms with Gasteiger partial charge >= 0.3 is 0 Å². The van der Waals surface area contributed by atoms with Crippen LogP contribution in [0.5, 0.6) is 0 Å². The summed E-state index contributed by atoms with van der Waals surface area (Å²) >= 11 is 0. The molecule has 0 saturated heterocycles. The molecule has 4 nitrogen and oxygen atoms in total. The molecule has 96 heavy (non-hydrogen) atoms. The molecule has 506 valence electrons. The maximum absolute atomic E-state index is 10.3. The Labute approximate surface area is 578 Å². The highest BCUT2D eigenvalue weighted by molar-refractivity contribution is 6.09. The maximum atomic E-state index is 10.3. The zero-order valence-electron chi connectivity index (χ0n) is 59.6. The number of hydrogen-bond acceptors (Lipinski definition) is 2. The molecule has 3 atom stereocenters. The van der Waals surface area contributed by atoms with Gasteiger partial charge in [-0.1, -0.05) is 318 Å². The topological polar surface area (TPSA) is 50.3 Å². The van der Waals surface area contributed by atoms with Gasteiger partial charge < -0.3 is 19.3 Å². The molecule has 2 aliphatic carbocycles. The van der Waals surface area contributed by atoms with E-state index in [0.29, 0.717) is 6.42 Å². The SMILES string of the molecule is CCCCCCC1(CCCCCCCCCCC(O)CC(C)O)c2cc(C)ccc2-c2ccc(-c3ccc4c(c3)C(CCCCCCCCCCn3c5ccccc5c5ccccc53)(CCCCCCCCCCn3c5ccccc5c5ccccc53)c3cc(C)ccc3-4)cc21. The first kappa shape index (κ1) is 69.2. The summed E-state index contributed by atoms with van der Waals surface area (Å²) in [4.78, 5) is 0. The van der Waals surface area contributed by atoms with Gasteiger partial charge in [0.2, 0.25) is 0 Å². The Morgan fingerprint density at radius 3 is 0.958 bits per heavy atom. The van der Waals surface area contributed by atoms with E-state index in [0.717, 1.165) is 25.9 Å². The highest BCUT2D eigenvalue weighted by atomic mass is 16.3. The lowest BCUT2D eigenvalue weighted by Crippen LogP contribution is -2.26. The molecule has 12 rings (SSSR count). The molecule has 8 aromatic carbocycles. The minimum Gasteiger partial charge on any atom is -0.393 e. The highest BCUT2D eigenvalue weighted by Crippen LogP contribution is 2.58. The zero-order chi connectivity index (χ0) is 66.1. The largest absolute Gasteiger partial charge is 0.393 e. The number of para-hydroxylation sites is 4. The second-order valence-corrected chi connectivity index (χ2v) is 30.2. The normalized spacial score (nSPS) is 15.3. The lowest BCUT2D eigenvalue weighted by molar-refractivity contribution is 0.0834. The highest BCUT2D eigenvalue weighted by Gasteiger charge is 2.44. The fourth-order valence-corrected chi connectivity index (χ4v) is 18.1. The molecule has 3 unspecified atom stereocenters. The molecule has 2 N–H and O–H groups in total. The summed E-state index contributed by atoms with van der Waals surface area (Å²) in [5.74, 6) is 0. The fourth-order valence-electron chi connectivity index (χ4n) is 18.1. The number of aromatic nitrogens is 2. The summed E-state index contributed by atoms with van der Waals surface area (Å²) < 4.78 is 5.14. The van der Waals surface area contributed by atoms with Crippen LogP contribution in [0, 0.1) is 13.8 Å². The number of hydrogen-bond donors (Lipinski definition) is 2. The molecular weight excluding hydrogens is 1170 g/mol. The number of nitrogens with zero attached hydrogens (tertiary/aromatic N) is 2. The second kappa shape index (κ2) is 33.7. The average molecular weight is 1280 g/mol. The molecule has 4 heteroatoms. The number of rotatable bonds is 41. The predicted octanol–water partition coefficient (Wildman–Crippen LogP) is 26.1. The molecule has 2 aliphatic rings. The van der Waals surface area contributed by atoms with Crippen molar-refractivity contribution >= 4 is 43.6 Å². The van der Waals surface area contributed by atoms with E-state index in [1.807, 2.05) is 0 Å². The first-order valence-corrected chi connectivity index (χ1v) is 39.0. The van der Waals surface area contributed by atoms with Crippen LogP contribution >= 0.6 is 0 Å². The molecule has 2 heterocycles. The van der Waals surface area contributed by atoms with Crippen molar-refractivity contribution in [2.45, 2.75) is 282 Å². The van der Waals surface area contributed by atoms with Crippen LogP contribution in [-0.2, 0) is 23.9 Å². The third-order valence-corrected chi connectivity index (χ3v) is 23.2. The van der Waals surface area contributed by atoms with Crippen molar-refractivity contribution in [2.75, 3.05) is 0 Å². The third-order valence-electron chi connectivity index (χ3n) is 23.2. The van der Waals surface area contributed by atoms with Gasteiger partial charge in [-0.05, 0) is 164 Å². The Hall–Kier alpha value is -6.72. The van der Waals surface area contributed by atoms with Crippen molar-refractivity contribution in [1.82, 2.24) is 9.13 Å². The van der Waals surface area contributed by atoms with E-state index >= 15 is 0 Å². The summed E-state index contributed by atoms with van der Waals surface area (Å²) in [7, 11) is 0. The molecular formula is C92H116N2O2. The van der Waals surface area contributed by atoms with Gasteiger partial charge in [-0.2, -0.15) is 0 Å².